The fraction of sp³-hybridized carbons (Fsp3) is 0.909. The maximum atomic E-state index is 12.1. The lowest BCUT2D eigenvalue weighted by Crippen LogP contribution is -2.46. The summed E-state index contributed by atoms with van der Waals surface area (Å²) >= 11 is 0. The van der Waals surface area contributed by atoms with Gasteiger partial charge in [-0.2, -0.15) is 0 Å². The lowest BCUT2D eigenvalue weighted by atomic mass is 10.3. The molecule has 4 nitrogen and oxygen atoms in total. The first-order chi connectivity index (χ1) is 7.16. The third-order valence-electron chi connectivity index (χ3n) is 2.78. The first-order valence-corrected chi connectivity index (χ1v) is 5.71. The number of methoxy groups -OCH3 is 1. The maximum Gasteiger partial charge on any atom is 0.320 e. The van der Waals surface area contributed by atoms with E-state index in [1.165, 1.54) is 0 Å². The van der Waals surface area contributed by atoms with Crippen LogP contribution in [0.15, 0.2) is 0 Å². The Kier molecular flexibility index (Phi) is 4.88. The van der Waals surface area contributed by atoms with Gasteiger partial charge in [0, 0.05) is 32.8 Å². The highest BCUT2D eigenvalue weighted by Gasteiger charge is 2.24. The molecule has 0 radical (unpaired) electrons. The molecule has 1 saturated heterocycles. The highest BCUT2D eigenvalue weighted by molar-refractivity contribution is 5.75. The summed E-state index contributed by atoms with van der Waals surface area (Å²) in [6.45, 7) is 7.21. The van der Waals surface area contributed by atoms with Gasteiger partial charge in [0.2, 0.25) is 0 Å². The van der Waals surface area contributed by atoms with Gasteiger partial charge in [-0.15, -0.1) is 0 Å². The average molecular weight is 214 g/mol. The molecule has 1 aliphatic heterocycles. The molecule has 15 heavy (non-hydrogen) atoms. The van der Waals surface area contributed by atoms with Crippen molar-refractivity contribution in [2.45, 2.75) is 32.7 Å². The molecule has 0 bridgehead atoms. The van der Waals surface area contributed by atoms with Crippen LogP contribution in [0.5, 0.6) is 0 Å². The van der Waals surface area contributed by atoms with E-state index < -0.39 is 0 Å². The summed E-state index contributed by atoms with van der Waals surface area (Å²) in [4.78, 5) is 15.9. The molecule has 0 aromatic rings. The van der Waals surface area contributed by atoms with Crippen LogP contribution in [0.3, 0.4) is 0 Å². The van der Waals surface area contributed by atoms with Crippen LogP contribution in [-0.4, -0.2) is 55.2 Å². The molecule has 1 heterocycles. The summed E-state index contributed by atoms with van der Waals surface area (Å²) < 4.78 is 5.02. The fourth-order valence-electron chi connectivity index (χ4n) is 1.85. The highest BCUT2D eigenvalue weighted by Crippen LogP contribution is 2.12. The van der Waals surface area contributed by atoms with Crippen molar-refractivity contribution in [3.8, 4) is 0 Å². The molecule has 2 amide bonds. The third-order valence-corrected chi connectivity index (χ3v) is 2.78. The Balaban J connectivity index is 2.49. The Morgan fingerprint density at radius 1 is 1.40 bits per heavy atom. The average Bonchev–Trinajstić information content (AvgIpc) is 2.70. The van der Waals surface area contributed by atoms with Crippen molar-refractivity contribution in [3.05, 3.63) is 0 Å². The van der Waals surface area contributed by atoms with Crippen LogP contribution < -0.4 is 0 Å². The molecular formula is C11H22N2O2. The number of urea groups is 1. The van der Waals surface area contributed by atoms with E-state index in [1.54, 1.807) is 7.11 Å². The molecule has 0 spiro atoms. The number of rotatable bonds is 4. The maximum absolute atomic E-state index is 12.1. The van der Waals surface area contributed by atoms with Gasteiger partial charge in [0.25, 0.3) is 0 Å². The number of carbonyl (C=O) groups is 1. The van der Waals surface area contributed by atoms with Gasteiger partial charge in [-0.3, -0.25) is 0 Å². The summed E-state index contributed by atoms with van der Waals surface area (Å²) in [5.74, 6) is 0. The molecule has 1 fully saturated rings. The second kappa shape index (κ2) is 5.95. The predicted octanol–water partition coefficient (Wildman–Crippen LogP) is 1.56. The minimum absolute atomic E-state index is 0.166. The normalized spacial score (nSPS) is 16.1. The van der Waals surface area contributed by atoms with Crippen LogP contribution in [0, 0.1) is 0 Å². The third kappa shape index (κ3) is 3.38. The first kappa shape index (κ1) is 12.3. The Morgan fingerprint density at radius 3 is 2.47 bits per heavy atom. The molecule has 0 aliphatic carbocycles. The fourth-order valence-corrected chi connectivity index (χ4v) is 1.85. The monoisotopic (exact) mass is 214 g/mol. The number of likely N-dealkylation sites (tertiary alicyclic amines) is 1. The van der Waals surface area contributed by atoms with Crippen LogP contribution in [0.2, 0.25) is 0 Å². The largest absolute Gasteiger partial charge is 0.383 e. The van der Waals surface area contributed by atoms with Crippen molar-refractivity contribution >= 4 is 6.03 Å². The standard InChI is InChI=1S/C11H22N2O2/c1-10(2)13(8-9-15-3)11(14)12-6-4-5-7-12/h10H,4-9H2,1-3H3. The number of nitrogens with zero attached hydrogens (tertiary/aromatic N) is 2. The van der Waals surface area contributed by atoms with E-state index in [1.807, 2.05) is 23.6 Å². The van der Waals surface area contributed by atoms with Gasteiger partial charge in [-0.25, -0.2) is 4.79 Å². The Labute approximate surface area is 92.2 Å². The molecule has 0 atom stereocenters. The molecule has 0 saturated carbocycles. The quantitative estimate of drug-likeness (QED) is 0.711. The van der Waals surface area contributed by atoms with Gasteiger partial charge in [0.1, 0.15) is 0 Å². The van der Waals surface area contributed by atoms with Crippen molar-refractivity contribution in [3.63, 3.8) is 0 Å². The van der Waals surface area contributed by atoms with E-state index >= 15 is 0 Å². The van der Waals surface area contributed by atoms with Gasteiger partial charge in [-0.1, -0.05) is 0 Å². The highest BCUT2D eigenvalue weighted by atomic mass is 16.5. The smallest absolute Gasteiger partial charge is 0.320 e. The van der Waals surface area contributed by atoms with Crippen molar-refractivity contribution in [2.75, 3.05) is 33.4 Å². The molecule has 1 aliphatic rings. The number of hydrogen-bond acceptors (Lipinski definition) is 2. The number of carbonyl (C=O) groups excluding carboxylic acids is 1. The minimum atomic E-state index is 0.166. The second-order valence-electron chi connectivity index (χ2n) is 4.26. The Bertz CT molecular complexity index is 201. The molecule has 4 heteroatoms. The number of hydrogen-bond donors (Lipinski definition) is 0. The van der Waals surface area contributed by atoms with Crippen LogP contribution in [0.25, 0.3) is 0 Å². The zero-order valence-corrected chi connectivity index (χ0v) is 10.0. The molecule has 0 unspecified atom stereocenters. The van der Waals surface area contributed by atoms with Crippen LogP contribution >= 0.6 is 0 Å². The number of ether oxygens (including phenoxy) is 1. The van der Waals surface area contributed by atoms with Crippen LogP contribution in [-0.2, 0) is 4.74 Å². The molecule has 1 rings (SSSR count). The van der Waals surface area contributed by atoms with E-state index in [0.29, 0.717) is 13.2 Å². The van der Waals surface area contributed by atoms with Crippen molar-refractivity contribution < 1.29 is 9.53 Å². The summed E-state index contributed by atoms with van der Waals surface area (Å²) in [5, 5.41) is 0. The zero-order valence-electron chi connectivity index (χ0n) is 10.0. The van der Waals surface area contributed by atoms with Crippen molar-refractivity contribution in [1.29, 1.82) is 0 Å². The SMILES string of the molecule is COCCN(C(=O)N1CCCC1)C(C)C. The zero-order chi connectivity index (χ0) is 11.3. The van der Waals surface area contributed by atoms with Gasteiger partial charge in [0.15, 0.2) is 0 Å². The molecule has 88 valence electrons. The van der Waals surface area contributed by atoms with Gasteiger partial charge in [-0.05, 0) is 26.7 Å². The first-order valence-electron chi connectivity index (χ1n) is 5.71. The Hall–Kier alpha value is -0.770. The van der Waals surface area contributed by atoms with E-state index in [2.05, 4.69) is 0 Å². The predicted molar refractivity (Wildman–Crippen MR) is 59.9 cm³/mol. The van der Waals surface area contributed by atoms with Gasteiger partial charge in [0.05, 0.1) is 6.61 Å². The van der Waals surface area contributed by atoms with Gasteiger partial charge < -0.3 is 14.5 Å². The van der Waals surface area contributed by atoms with E-state index in [9.17, 15) is 4.79 Å². The lowest BCUT2D eigenvalue weighted by molar-refractivity contribution is 0.117. The molecule has 0 aromatic carbocycles. The van der Waals surface area contributed by atoms with E-state index in [4.69, 9.17) is 4.74 Å². The molecule has 0 aromatic heterocycles. The summed E-state index contributed by atoms with van der Waals surface area (Å²) in [6, 6.07) is 0.410. The summed E-state index contributed by atoms with van der Waals surface area (Å²) in [7, 11) is 1.67. The topological polar surface area (TPSA) is 32.8 Å². The Morgan fingerprint density at radius 2 is 2.00 bits per heavy atom. The van der Waals surface area contributed by atoms with Crippen molar-refractivity contribution in [1.82, 2.24) is 9.80 Å². The van der Waals surface area contributed by atoms with Gasteiger partial charge >= 0.3 is 6.03 Å². The van der Waals surface area contributed by atoms with Crippen LogP contribution in [0.4, 0.5) is 4.79 Å². The summed E-state index contributed by atoms with van der Waals surface area (Å²) in [5.41, 5.74) is 0. The molecule has 0 N–H and O–H groups in total. The summed E-state index contributed by atoms with van der Waals surface area (Å²) in [6.07, 6.45) is 2.28. The van der Waals surface area contributed by atoms with E-state index in [0.717, 1.165) is 25.9 Å². The second-order valence-corrected chi connectivity index (χ2v) is 4.26. The van der Waals surface area contributed by atoms with Crippen LogP contribution in [0.1, 0.15) is 26.7 Å². The molecular weight excluding hydrogens is 192 g/mol. The van der Waals surface area contributed by atoms with E-state index in [-0.39, 0.29) is 12.1 Å². The van der Waals surface area contributed by atoms with Crippen molar-refractivity contribution in [2.24, 2.45) is 0 Å². The minimum Gasteiger partial charge on any atom is -0.383 e. The number of amides is 2. The lowest BCUT2D eigenvalue weighted by Gasteiger charge is -2.30.